The minimum atomic E-state index is -0.737. The molecule has 1 atom stereocenters. The van der Waals surface area contributed by atoms with Gasteiger partial charge in [-0.25, -0.2) is 0 Å². The lowest BCUT2D eigenvalue weighted by atomic mass is 10.1. The summed E-state index contributed by atoms with van der Waals surface area (Å²) in [6.07, 6.45) is 3.48. The van der Waals surface area contributed by atoms with E-state index in [0.29, 0.717) is 5.75 Å². The van der Waals surface area contributed by atoms with Crippen molar-refractivity contribution in [1.29, 1.82) is 0 Å². The van der Waals surface area contributed by atoms with Gasteiger partial charge in [0, 0.05) is 18.1 Å². The number of rotatable bonds is 5. The lowest BCUT2D eigenvalue weighted by Gasteiger charge is -2.15. The molecule has 1 rings (SSSR count). The van der Waals surface area contributed by atoms with Gasteiger partial charge in [-0.2, -0.15) is 0 Å². The van der Waals surface area contributed by atoms with Gasteiger partial charge in [0.1, 0.15) is 5.25 Å². The third-order valence-electron chi connectivity index (χ3n) is 2.00. The van der Waals surface area contributed by atoms with Crippen LogP contribution < -0.4 is 0 Å². The molecular weight excluding hydrogens is 210 g/mol. The van der Waals surface area contributed by atoms with Crippen molar-refractivity contribution in [2.24, 2.45) is 5.92 Å². The summed E-state index contributed by atoms with van der Waals surface area (Å²) < 4.78 is 0. The van der Waals surface area contributed by atoms with E-state index in [1.54, 1.807) is 12.4 Å². The van der Waals surface area contributed by atoms with E-state index in [2.05, 4.69) is 4.98 Å². The molecule has 1 unspecified atom stereocenters. The van der Waals surface area contributed by atoms with Crippen molar-refractivity contribution in [3.05, 3.63) is 30.1 Å². The van der Waals surface area contributed by atoms with Crippen LogP contribution in [0.5, 0.6) is 0 Å². The largest absolute Gasteiger partial charge is 0.480 e. The number of pyridine rings is 1. The predicted octanol–water partition coefficient (Wildman–Crippen LogP) is 2.42. The number of hydrogen-bond acceptors (Lipinski definition) is 3. The van der Waals surface area contributed by atoms with Gasteiger partial charge in [-0.05, 0) is 17.5 Å². The lowest BCUT2D eigenvalue weighted by Crippen LogP contribution is -2.22. The zero-order chi connectivity index (χ0) is 11.3. The van der Waals surface area contributed by atoms with Crippen molar-refractivity contribution in [1.82, 2.24) is 4.98 Å². The van der Waals surface area contributed by atoms with Crippen LogP contribution >= 0.6 is 11.8 Å². The molecule has 0 aliphatic rings. The molecule has 0 radical (unpaired) electrons. The second kappa shape index (κ2) is 5.75. The molecule has 4 heteroatoms. The maximum atomic E-state index is 10.9. The van der Waals surface area contributed by atoms with E-state index in [4.69, 9.17) is 5.11 Å². The number of aromatic nitrogens is 1. The molecule has 1 N–H and O–H groups in total. The van der Waals surface area contributed by atoms with Gasteiger partial charge in [-0.1, -0.05) is 19.9 Å². The summed E-state index contributed by atoms with van der Waals surface area (Å²) in [5.41, 5.74) is 1.06. The summed E-state index contributed by atoms with van der Waals surface area (Å²) in [5, 5.41) is 8.64. The van der Waals surface area contributed by atoms with Gasteiger partial charge in [0.05, 0.1) is 0 Å². The molecule has 1 aromatic rings. The first-order valence-corrected chi connectivity index (χ1v) is 5.89. The van der Waals surface area contributed by atoms with Crippen LogP contribution in [0.25, 0.3) is 0 Å². The number of carboxylic acids is 1. The van der Waals surface area contributed by atoms with Gasteiger partial charge in [-0.15, -0.1) is 11.8 Å². The number of hydrogen-bond donors (Lipinski definition) is 1. The highest BCUT2D eigenvalue weighted by atomic mass is 32.2. The fraction of sp³-hybridized carbons (Fsp3) is 0.455. The van der Waals surface area contributed by atoms with Gasteiger partial charge < -0.3 is 5.11 Å². The monoisotopic (exact) mass is 225 g/mol. The van der Waals surface area contributed by atoms with Crippen LogP contribution in [0.2, 0.25) is 0 Å². The molecule has 0 fully saturated rings. The minimum Gasteiger partial charge on any atom is -0.480 e. The summed E-state index contributed by atoms with van der Waals surface area (Å²) in [4.78, 5) is 14.9. The Morgan fingerprint density at radius 2 is 2.33 bits per heavy atom. The Bertz CT molecular complexity index is 314. The van der Waals surface area contributed by atoms with Crippen molar-refractivity contribution < 1.29 is 9.90 Å². The Morgan fingerprint density at radius 1 is 1.60 bits per heavy atom. The molecule has 82 valence electrons. The Balaban J connectivity index is 2.51. The van der Waals surface area contributed by atoms with Gasteiger partial charge in [0.15, 0.2) is 0 Å². The van der Waals surface area contributed by atoms with Crippen LogP contribution in [0.15, 0.2) is 24.5 Å². The van der Waals surface area contributed by atoms with E-state index < -0.39 is 5.97 Å². The zero-order valence-electron chi connectivity index (χ0n) is 8.88. The molecule has 0 amide bonds. The summed E-state index contributed by atoms with van der Waals surface area (Å²) in [7, 11) is 0. The summed E-state index contributed by atoms with van der Waals surface area (Å²) in [5.74, 6) is 0.103. The topological polar surface area (TPSA) is 50.2 Å². The normalized spacial score (nSPS) is 12.7. The third-order valence-corrected chi connectivity index (χ3v) is 3.61. The third kappa shape index (κ3) is 3.91. The molecule has 0 aliphatic heterocycles. The Morgan fingerprint density at radius 3 is 2.80 bits per heavy atom. The smallest absolute Gasteiger partial charge is 0.316 e. The Kier molecular flexibility index (Phi) is 4.62. The molecule has 3 nitrogen and oxygen atoms in total. The number of aliphatic carboxylic acids is 1. The Hall–Kier alpha value is -1.03. The first-order chi connectivity index (χ1) is 7.11. The van der Waals surface area contributed by atoms with Gasteiger partial charge in [0.2, 0.25) is 0 Å². The molecule has 0 saturated carbocycles. The molecule has 0 bridgehead atoms. The van der Waals surface area contributed by atoms with E-state index in [0.717, 1.165) is 5.56 Å². The van der Waals surface area contributed by atoms with E-state index in [1.807, 2.05) is 26.0 Å². The van der Waals surface area contributed by atoms with Crippen molar-refractivity contribution in [2.75, 3.05) is 0 Å². The van der Waals surface area contributed by atoms with E-state index in [-0.39, 0.29) is 11.2 Å². The molecule has 0 aromatic carbocycles. The van der Waals surface area contributed by atoms with Crippen LogP contribution in [0.1, 0.15) is 19.4 Å². The fourth-order valence-electron chi connectivity index (χ4n) is 1.22. The highest BCUT2D eigenvalue weighted by Crippen LogP contribution is 2.23. The Labute approximate surface area is 93.9 Å². The average molecular weight is 225 g/mol. The van der Waals surface area contributed by atoms with Crippen molar-refractivity contribution in [3.63, 3.8) is 0 Å². The number of nitrogens with zero attached hydrogens (tertiary/aromatic N) is 1. The summed E-state index contributed by atoms with van der Waals surface area (Å²) in [6, 6.07) is 3.82. The average Bonchev–Trinajstić information content (AvgIpc) is 2.18. The second-order valence-corrected chi connectivity index (χ2v) is 4.81. The first-order valence-electron chi connectivity index (χ1n) is 4.84. The summed E-state index contributed by atoms with van der Waals surface area (Å²) in [6.45, 7) is 3.85. The maximum Gasteiger partial charge on any atom is 0.316 e. The molecule has 0 aliphatic carbocycles. The second-order valence-electron chi connectivity index (χ2n) is 3.68. The van der Waals surface area contributed by atoms with Crippen LogP contribution in [0, 0.1) is 5.92 Å². The maximum absolute atomic E-state index is 10.9. The van der Waals surface area contributed by atoms with Crippen LogP contribution in [-0.4, -0.2) is 21.3 Å². The van der Waals surface area contributed by atoms with E-state index in [9.17, 15) is 4.79 Å². The lowest BCUT2D eigenvalue weighted by molar-refractivity contribution is -0.137. The number of carbonyl (C=O) groups is 1. The SMILES string of the molecule is CC(C)C(SCc1cccnc1)C(=O)O. The quantitative estimate of drug-likeness (QED) is 0.836. The fourth-order valence-corrected chi connectivity index (χ4v) is 2.29. The van der Waals surface area contributed by atoms with Crippen molar-refractivity contribution >= 4 is 17.7 Å². The standard InChI is InChI=1S/C11H15NO2S/c1-8(2)10(11(13)14)15-7-9-4-3-5-12-6-9/h3-6,8,10H,7H2,1-2H3,(H,13,14). The molecule has 15 heavy (non-hydrogen) atoms. The van der Waals surface area contributed by atoms with E-state index in [1.165, 1.54) is 11.8 Å². The van der Waals surface area contributed by atoms with Gasteiger partial charge in [0.25, 0.3) is 0 Å². The highest BCUT2D eigenvalue weighted by Gasteiger charge is 2.21. The molecule has 1 aromatic heterocycles. The zero-order valence-corrected chi connectivity index (χ0v) is 9.70. The first kappa shape index (κ1) is 12.0. The minimum absolute atomic E-state index is 0.143. The van der Waals surface area contributed by atoms with Crippen molar-refractivity contribution in [3.8, 4) is 0 Å². The molecular formula is C11H15NO2S. The number of carboxylic acid groups (broad SMARTS) is 1. The van der Waals surface area contributed by atoms with E-state index >= 15 is 0 Å². The summed E-state index contributed by atoms with van der Waals surface area (Å²) >= 11 is 1.45. The number of thioether (sulfide) groups is 1. The molecule has 0 spiro atoms. The molecule has 1 heterocycles. The molecule has 0 saturated heterocycles. The highest BCUT2D eigenvalue weighted by molar-refractivity contribution is 7.99. The van der Waals surface area contributed by atoms with Crippen molar-refractivity contribution in [2.45, 2.75) is 24.9 Å². The van der Waals surface area contributed by atoms with Gasteiger partial charge >= 0.3 is 5.97 Å². The predicted molar refractivity (Wildman–Crippen MR) is 61.8 cm³/mol. The van der Waals surface area contributed by atoms with Crippen LogP contribution in [0.4, 0.5) is 0 Å². The van der Waals surface area contributed by atoms with Crippen LogP contribution in [0.3, 0.4) is 0 Å². The van der Waals surface area contributed by atoms with Crippen LogP contribution in [-0.2, 0) is 10.5 Å². The van der Waals surface area contributed by atoms with Gasteiger partial charge in [-0.3, -0.25) is 9.78 Å².